The van der Waals surface area contributed by atoms with Crippen LogP contribution in [0.3, 0.4) is 0 Å². The van der Waals surface area contributed by atoms with E-state index in [1.807, 2.05) is 26.0 Å². The molecule has 2 amide bonds. The summed E-state index contributed by atoms with van der Waals surface area (Å²) >= 11 is 0. The van der Waals surface area contributed by atoms with Crippen molar-refractivity contribution in [1.82, 2.24) is 10.6 Å². The van der Waals surface area contributed by atoms with Crippen molar-refractivity contribution in [2.75, 3.05) is 0 Å². The van der Waals surface area contributed by atoms with Crippen LogP contribution < -0.4 is 15.4 Å². The predicted octanol–water partition coefficient (Wildman–Crippen LogP) is 4.04. The maximum Gasteiger partial charge on any atom is 0.315 e. The average molecular weight is 318 g/mol. The van der Waals surface area contributed by atoms with Gasteiger partial charge < -0.3 is 15.4 Å². The van der Waals surface area contributed by atoms with Crippen LogP contribution in [0.1, 0.15) is 58.4 Å². The van der Waals surface area contributed by atoms with Gasteiger partial charge in [-0.25, -0.2) is 4.79 Å². The molecule has 1 aliphatic rings. The SMILES string of the molecule is CC(CCc1ccc(OC(C)C)cc1)NC(=O)NC1CCCC1. The van der Waals surface area contributed by atoms with E-state index in [-0.39, 0.29) is 18.2 Å². The highest BCUT2D eigenvalue weighted by Crippen LogP contribution is 2.17. The maximum atomic E-state index is 11.9. The number of hydrogen-bond acceptors (Lipinski definition) is 2. The van der Waals surface area contributed by atoms with Crippen LogP contribution >= 0.6 is 0 Å². The van der Waals surface area contributed by atoms with E-state index in [1.165, 1.54) is 18.4 Å². The van der Waals surface area contributed by atoms with Crippen LogP contribution in [-0.2, 0) is 6.42 Å². The maximum absolute atomic E-state index is 11.9. The van der Waals surface area contributed by atoms with Crippen LogP contribution in [-0.4, -0.2) is 24.2 Å². The number of amides is 2. The van der Waals surface area contributed by atoms with Gasteiger partial charge in [0.1, 0.15) is 5.75 Å². The quantitative estimate of drug-likeness (QED) is 0.797. The van der Waals surface area contributed by atoms with Crippen LogP contribution in [0.15, 0.2) is 24.3 Å². The molecule has 0 bridgehead atoms. The highest BCUT2D eigenvalue weighted by Gasteiger charge is 2.17. The molecule has 23 heavy (non-hydrogen) atoms. The van der Waals surface area contributed by atoms with E-state index < -0.39 is 0 Å². The minimum atomic E-state index is -0.0231. The Morgan fingerprint density at radius 1 is 1.17 bits per heavy atom. The molecule has 2 rings (SSSR count). The number of hydrogen-bond donors (Lipinski definition) is 2. The van der Waals surface area contributed by atoms with Crippen LogP contribution in [0.5, 0.6) is 5.75 Å². The molecule has 1 aromatic carbocycles. The van der Waals surface area contributed by atoms with Gasteiger partial charge in [-0.1, -0.05) is 25.0 Å². The van der Waals surface area contributed by atoms with E-state index in [0.717, 1.165) is 31.4 Å². The number of rotatable bonds is 7. The number of ether oxygens (including phenoxy) is 1. The largest absolute Gasteiger partial charge is 0.491 e. The molecule has 2 N–H and O–H groups in total. The molecule has 4 heteroatoms. The van der Waals surface area contributed by atoms with Crippen molar-refractivity contribution >= 4 is 6.03 Å². The van der Waals surface area contributed by atoms with Crippen LogP contribution in [0.25, 0.3) is 0 Å². The molecule has 0 saturated heterocycles. The number of benzene rings is 1. The first-order valence-corrected chi connectivity index (χ1v) is 8.85. The third kappa shape index (κ3) is 6.51. The fourth-order valence-electron chi connectivity index (χ4n) is 2.98. The van der Waals surface area contributed by atoms with Gasteiger partial charge in [0.2, 0.25) is 0 Å². The highest BCUT2D eigenvalue weighted by atomic mass is 16.5. The third-order valence-corrected chi connectivity index (χ3v) is 4.23. The smallest absolute Gasteiger partial charge is 0.315 e. The summed E-state index contributed by atoms with van der Waals surface area (Å²) in [6.07, 6.45) is 6.78. The molecule has 0 heterocycles. The monoisotopic (exact) mass is 318 g/mol. The zero-order valence-electron chi connectivity index (χ0n) is 14.6. The van der Waals surface area contributed by atoms with Gasteiger partial charge in [-0.3, -0.25) is 0 Å². The topological polar surface area (TPSA) is 50.4 Å². The Balaban J connectivity index is 1.68. The van der Waals surface area contributed by atoms with E-state index in [1.54, 1.807) is 0 Å². The summed E-state index contributed by atoms with van der Waals surface area (Å²) in [6, 6.07) is 8.75. The molecule has 1 saturated carbocycles. The predicted molar refractivity (Wildman–Crippen MR) is 93.9 cm³/mol. The van der Waals surface area contributed by atoms with Gasteiger partial charge in [-0.2, -0.15) is 0 Å². The van der Waals surface area contributed by atoms with Crippen LogP contribution in [0.2, 0.25) is 0 Å². The molecule has 4 nitrogen and oxygen atoms in total. The van der Waals surface area contributed by atoms with Crippen molar-refractivity contribution in [2.24, 2.45) is 0 Å². The molecule has 1 aromatic rings. The van der Waals surface area contributed by atoms with E-state index in [2.05, 4.69) is 29.7 Å². The van der Waals surface area contributed by atoms with Gasteiger partial charge in [-0.05, 0) is 64.2 Å². The Morgan fingerprint density at radius 3 is 2.43 bits per heavy atom. The second kappa shape index (κ2) is 8.80. The highest BCUT2D eigenvalue weighted by molar-refractivity contribution is 5.74. The third-order valence-electron chi connectivity index (χ3n) is 4.23. The average Bonchev–Trinajstić information content (AvgIpc) is 2.98. The summed E-state index contributed by atoms with van der Waals surface area (Å²) in [5.41, 5.74) is 1.27. The molecule has 0 spiro atoms. The van der Waals surface area contributed by atoms with Crippen LogP contribution in [0, 0.1) is 0 Å². The molecule has 1 aliphatic carbocycles. The van der Waals surface area contributed by atoms with Crippen LogP contribution in [0.4, 0.5) is 4.79 Å². The molecule has 128 valence electrons. The standard InChI is InChI=1S/C19H30N2O2/c1-14(2)23-18-12-10-16(11-13-18)9-8-15(3)20-19(22)21-17-6-4-5-7-17/h10-15,17H,4-9H2,1-3H3,(H2,20,21,22). The lowest BCUT2D eigenvalue weighted by molar-refractivity contribution is 0.233. The summed E-state index contributed by atoms with van der Waals surface area (Å²) in [5, 5.41) is 6.11. The van der Waals surface area contributed by atoms with E-state index in [0.29, 0.717) is 6.04 Å². The second-order valence-electron chi connectivity index (χ2n) is 6.85. The van der Waals surface area contributed by atoms with Gasteiger partial charge in [-0.15, -0.1) is 0 Å². The van der Waals surface area contributed by atoms with Gasteiger partial charge in [0.15, 0.2) is 0 Å². The van der Waals surface area contributed by atoms with Crippen molar-refractivity contribution in [2.45, 2.75) is 77.5 Å². The van der Waals surface area contributed by atoms with E-state index in [9.17, 15) is 4.79 Å². The van der Waals surface area contributed by atoms with Crippen molar-refractivity contribution in [3.05, 3.63) is 29.8 Å². The first-order valence-electron chi connectivity index (χ1n) is 8.85. The summed E-state index contributed by atoms with van der Waals surface area (Å²) in [5.74, 6) is 0.908. The van der Waals surface area contributed by atoms with Gasteiger partial charge >= 0.3 is 6.03 Å². The van der Waals surface area contributed by atoms with Gasteiger partial charge in [0.05, 0.1) is 6.10 Å². The van der Waals surface area contributed by atoms with Crippen molar-refractivity contribution < 1.29 is 9.53 Å². The molecule has 0 radical (unpaired) electrons. The Morgan fingerprint density at radius 2 is 1.83 bits per heavy atom. The minimum absolute atomic E-state index is 0.0231. The Kier molecular flexibility index (Phi) is 6.75. The molecule has 0 aromatic heterocycles. The Labute approximate surface area is 140 Å². The Bertz CT molecular complexity index is 479. The summed E-state index contributed by atoms with van der Waals surface area (Å²) < 4.78 is 5.65. The molecule has 1 unspecified atom stereocenters. The van der Waals surface area contributed by atoms with Crippen molar-refractivity contribution in [1.29, 1.82) is 0 Å². The normalized spacial score (nSPS) is 16.3. The number of nitrogens with one attached hydrogen (secondary N) is 2. The molecule has 1 atom stereocenters. The number of carbonyl (C=O) groups is 1. The Hall–Kier alpha value is -1.71. The lowest BCUT2D eigenvalue weighted by Crippen LogP contribution is -2.44. The molecular formula is C19H30N2O2. The summed E-state index contributed by atoms with van der Waals surface area (Å²) in [4.78, 5) is 11.9. The van der Waals surface area contributed by atoms with Crippen molar-refractivity contribution in [3.8, 4) is 5.75 Å². The number of urea groups is 1. The fourth-order valence-corrected chi connectivity index (χ4v) is 2.98. The summed E-state index contributed by atoms with van der Waals surface area (Å²) in [7, 11) is 0. The van der Waals surface area contributed by atoms with Crippen molar-refractivity contribution in [3.63, 3.8) is 0 Å². The van der Waals surface area contributed by atoms with Gasteiger partial charge in [0, 0.05) is 12.1 Å². The minimum Gasteiger partial charge on any atom is -0.491 e. The summed E-state index contributed by atoms with van der Waals surface area (Å²) in [6.45, 7) is 6.11. The van der Waals surface area contributed by atoms with Gasteiger partial charge in [0.25, 0.3) is 0 Å². The zero-order chi connectivity index (χ0) is 16.7. The fraction of sp³-hybridized carbons (Fsp3) is 0.632. The lowest BCUT2D eigenvalue weighted by Gasteiger charge is -2.17. The second-order valence-corrected chi connectivity index (χ2v) is 6.85. The lowest BCUT2D eigenvalue weighted by atomic mass is 10.1. The number of aryl methyl sites for hydroxylation is 1. The van der Waals surface area contributed by atoms with E-state index >= 15 is 0 Å². The molecule has 0 aliphatic heterocycles. The number of carbonyl (C=O) groups excluding carboxylic acids is 1. The first kappa shape index (κ1) is 17.6. The van der Waals surface area contributed by atoms with E-state index in [4.69, 9.17) is 4.74 Å². The molecule has 1 fully saturated rings. The zero-order valence-corrected chi connectivity index (χ0v) is 14.6. The molecular weight excluding hydrogens is 288 g/mol. The first-order chi connectivity index (χ1) is 11.0.